The van der Waals surface area contributed by atoms with E-state index >= 15 is 0 Å². The molecule has 1 heterocycles. The van der Waals surface area contributed by atoms with Crippen molar-refractivity contribution in [1.82, 2.24) is 9.78 Å². The van der Waals surface area contributed by atoms with Crippen LogP contribution in [0.4, 0.5) is 5.82 Å². The molecule has 0 saturated heterocycles. The van der Waals surface area contributed by atoms with Gasteiger partial charge in [0.25, 0.3) is 11.7 Å². The molecule has 1 aromatic heterocycles. The highest BCUT2D eigenvalue weighted by Crippen LogP contribution is 2.17. The van der Waals surface area contributed by atoms with Crippen molar-refractivity contribution in [3.63, 3.8) is 0 Å². The molecule has 104 valence electrons. The third kappa shape index (κ3) is 2.80. The summed E-state index contributed by atoms with van der Waals surface area (Å²) in [6, 6.07) is 6.65. The summed E-state index contributed by atoms with van der Waals surface area (Å²) in [5, 5.41) is 6.80. The van der Waals surface area contributed by atoms with Crippen LogP contribution in [-0.2, 0) is 11.8 Å². The molecule has 1 amide bonds. The number of benzene rings is 1. The standard InChI is InChI=1S/C14H14BrN3O2/c1-8-9(2)17-18(3)13(8)16-14(20)12(19)10-4-6-11(15)7-5-10/h4-7H,1-3H3,(H,16,20). The summed E-state index contributed by atoms with van der Waals surface area (Å²) in [6.07, 6.45) is 0. The van der Waals surface area contributed by atoms with Gasteiger partial charge in [-0.15, -0.1) is 0 Å². The van der Waals surface area contributed by atoms with Crippen LogP contribution in [0.25, 0.3) is 0 Å². The predicted molar refractivity (Wildman–Crippen MR) is 79.8 cm³/mol. The number of aromatic nitrogens is 2. The number of carbonyl (C=O) groups is 2. The van der Waals surface area contributed by atoms with E-state index < -0.39 is 11.7 Å². The van der Waals surface area contributed by atoms with Crippen LogP contribution in [0.15, 0.2) is 28.7 Å². The first-order chi connectivity index (χ1) is 9.40. The number of hydrogen-bond acceptors (Lipinski definition) is 3. The number of Topliss-reactive ketones (excluding diaryl/α,β-unsaturated/α-hetero) is 1. The van der Waals surface area contributed by atoms with Crippen molar-refractivity contribution in [2.45, 2.75) is 13.8 Å². The highest BCUT2D eigenvalue weighted by molar-refractivity contribution is 9.10. The summed E-state index contributed by atoms with van der Waals surface area (Å²) in [5.74, 6) is -0.702. The molecule has 1 aromatic carbocycles. The minimum atomic E-state index is -0.668. The van der Waals surface area contributed by atoms with Gasteiger partial charge in [0.15, 0.2) is 0 Å². The topological polar surface area (TPSA) is 64.0 Å². The number of nitrogens with one attached hydrogen (secondary N) is 1. The molecule has 1 N–H and O–H groups in total. The van der Waals surface area contributed by atoms with E-state index in [2.05, 4.69) is 26.3 Å². The smallest absolute Gasteiger partial charge is 0.297 e. The van der Waals surface area contributed by atoms with Crippen molar-refractivity contribution in [2.24, 2.45) is 7.05 Å². The van der Waals surface area contributed by atoms with Crippen molar-refractivity contribution in [2.75, 3.05) is 5.32 Å². The van der Waals surface area contributed by atoms with Gasteiger partial charge in [-0.05, 0) is 38.1 Å². The molecular formula is C14H14BrN3O2. The number of aryl methyl sites for hydroxylation is 2. The van der Waals surface area contributed by atoms with E-state index in [9.17, 15) is 9.59 Å². The molecular weight excluding hydrogens is 322 g/mol. The molecule has 0 unspecified atom stereocenters. The number of halogens is 1. The van der Waals surface area contributed by atoms with Gasteiger partial charge in [0, 0.05) is 22.6 Å². The maximum absolute atomic E-state index is 12.0. The Balaban J connectivity index is 2.20. The van der Waals surface area contributed by atoms with Crippen LogP contribution in [0.2, 0.25) is 0 Å². The average molecular weight is 336 g/mol. The van der Waals surface area contributed by atoms with Crippen LogP contribution < -0.4 is 5.32 Å². The van der Waals surface area contributed by atoms with Crippen LogP contribution in [0.5, 0.6) is 0 Å². The van der Waals surface area contributed by atoms with Gasteiger partial charge in [-0.3, -0.25) is 14.3 Å². The lowest BCUT2D eigenvalue weighted by atomic mass is 10.1. The van der Waals surface area contributed by atoms with Crippen molar-refractivity contribution >= 4 is 33.4 Å². The number of anilines is 1. The molecule has 5 nitrogen and oxygen atoms in total. The highest BCUT2D eigenvalue weighted by Gasteiger charge is 2.19. The lowest BCUT2D eigenvalue weighted by molar-refractivity contribution is -0.112. The molecule has 0 saturated carbocycles. The van der Waals surface area contributed by atoms with E-state index in [1.165, 1.54) is 0 Å². The number of rotatable bonds is 3. The Hall–Kier alpha value is -1.95. The van der Waals surface area contributed by atoms with E-state index in [-0.39, 0.29) is 0 Å². The largest absolute Gasteiger partial charge is 0.304 e. The number of hydrogen-bond donors (Lipinski definition) is 1. The fourth-order valence-corrected chi connectivity index (χ4v) is 2.10. The molecule has 2 rings (SSSR count). The fraction of sp³-hybridized carbons (Fsp3) is 0.214. The van der Waals surface area contributed by atoms with Gasteiger partial charge in [0.2, 0.25) is 0 Å². The Labute approximate surface area is 125 Å². The van der Waals surface area contributed by atoms with Gasteiger partial charge < -0.3 is 5.32 Å². The summed E-state index contributed by atoms with van der Waals surface area (Å²) in [6.45, 7) is 3.70. The Morgan fingerprint density at radius 3 is 2.30 bits per heavy atom. The maximum atomic E-state index is 12.0. The molecule has 0 bridgehead atoms. The molecule has 6 heteroatoms. The fourth-order valence-electron chi connectivity index (χ4n) is 1.84. The summed E-state index contributed by atoms with van der Waals surface area (Å²) in [5.41, 5.74) is 2.02. The molecule has 2 aromatic rings. The zero-order chi connectivity index (χ0) is 14.9. The lowest BCUT2D eigenvalue weighted by Crippen LogP contribution is -2.24. The van der Waals surface area contributed by atoms with Gasteiger partial charge in [-0.25, -0.2) is 0 Å². The third-order valence-corrected chi connectivity index (χ3v) is 3.59. The van der Waals surface area contributed by atoms with E-state index in [1.54, 1.807) is 36.0 Å². The van der Waals surface area contributed by atoms with E-state index in [4.69, 9.17) is 0 Å². The molecule has 0 fully saturated rings. The monoisotopic (exact) mass is 335 g/mol. The molecule has 0 atom stereocenters. The minimum absolute atomic E-state index is 0.349. The van der Waals surface area contributed by atoms with Crippen LogP contribution in [0, 0.1) is 13.8 Å². The average Bonchev–Trinajstić information content (AvgIpc) is 2.65. The lowest BCUT2D eigenvalue weighted by Gasteiger charge is -2.06. The second-order valence-corrected chi connectivity index (χ2v) is 5.39. The number of amides is 1. The van der Waals surface area contributed by atoms with Crippen LogP contribution in [0.1, 0.15) is 21.6 Å². The van der Waals surface area contributed by atoms with Crippen molar-refractivity contribution in [1.29, 1.82) is 0 Å². The second kappa shape index (κ2) is 5.58. The summed E-state index contributed by atoms with van der Waals surface area (Å²) in [7, 11) is 1.72. The first kappa shape index (κ1) is 14.5. The molecule has 0 radical (unpaired) electrons. The SMILES string of the molecule is Cc1nn(C)c(NC(=O)C(=O)c2ccc(Br)cc2)c1C. The zero-order valence-corrected chi connectivity index (χ0v) is 13.0. The number of ketones is 1. The maximum Gasteiger partial charge on any atom is 0.297 e. The Kier molecular flexibility index (Phi) is 4.04. The van der Waals surface area contributed by atoms with E-state index in [0.29, 0.717) is 11.4 Å². The summed E-state index contributed by atoms with van der Waals surface area (Å²) >= 11 is 3.28. The highest BCUT2D eigenvalue weighted by atomic mass is 79.9. The van der Waals surface area contributed by atoms with Crippen LogP contribution >= 0.6 is 15.9 Å². The molecule has 0 aliphatic heterocycles. The summed E-state index contributed by atoms with van der Waals surface area (Å²) < 4.78 is 2.41. The Bertz CT molecular complexity index is 674. The third-order valence-electron chi connectivity index (χ3n) is 3.07. The number of carbonyl (C=O) groups excluding carboxylic acids is 2. The van der Waals surface area contributed by atoms with Gasteiger partial charge >= 0.3 is 0 Å². The Morgan fingerprint density at radius 2 is 1.80 bits per heavy atom. The summed E-state index contributed by atoms with van der Waals surface area (Å²) in [4.78, 5) is 24.0. The van der Waals surface area contributed by atoms with Gasteiger partial charge in [-0.1, -0.05) is 15.9 Å². The predicted octanol–water partition coefficient (Wildman–Crippen LogP) is 2.62. The zero-order valence-electron chi connectivity index (χ0n) is 11.4. The van der Waals surface area contributed by atoms with Crippen molar-refractivity contribution in [3.05, 3.63) is 45.6 Å². The molecule has 20 heavy (non-hydrogen) atoms. The Morgan fingerprint density at radius 1 is 1.20 bits per heavy atom. The van der Waals surface area contributed by atoms with E-state index in [1.807, 2.05) is 13.8 Å². The van der Waals surface area contributed by atoms with Gasteiger partial charge in [-0.2, -0.15) is 5.10 Å². The quantitative estimate of drug-likeness (QED) is 0.692. The molecule has 0 spiro atoms. The minimum Gasteiger partial charge on any atom is -0.304 e. The van der Waals surface area contributed by atoms with Crippen molar-refractivity contribution in [3.8, 4) is 0 Å². The van der Waals surface area contributed by atoms with Crippen molar-refractivity contribution < 1.29 is 9.59 Å². The normalized spacial score (nSPS) is 10.4. The first-order valence-electron chi connectivity index (χ1n) is 6.01. The van der Waals surface area contributed by atoms with Crippen LogP contribution in [0.3, 0.4) is 0 Å². The van der Waals surface area contributed by atoms with Crippen LogP contribution in [-0.4, -0.2) is 21.5 Å². The first-order valence-corrected chi connectivity index (χ1v) is 6.81. The molecule has 0 aliphatic rings. The second-order valence-electron chi connectivity index (χ2n) is 4.47. The number of nitrogens with zero attached hydrogens (tertiary/aromatic N) is 2. The molecule has 0 aliphatic carbocycles. The van der Waals surface area contributed by atoms with Gasteiger partial charge in [0.05, 0.1) is 5.69 Å². The van der Waals surface area contributed by atoms with Gasteiger partial charge in [0.1, 0.15) is 5.82 Å². The van der Waals surface area contributed by atoms with E-state index in [0.717, 1.165) is 15.7 Å².